The van der Waals surface area contributed by atoms with Crippen LogP contribution in [-0.2, 0) is 9.47 Å². The Bertz CT molecular complexity index is 154. The van der Waals surface area contributed by atoms with Gasteiger partial charge in [-0.25, -0.2) is 4.79 Å². The smallest absolute Gasteiger partial charge is 0.367 e. The third-order valence-corrected chi connectivity index (χ3v) is 2.26. The van der Waals surface area contributed by atoms with Crippen LogP contribution in [0.25, 0.3) is 0 Å². The molecule has 2 unspecified atom stereocenters. The SMILES string of the molecule is C.CC1CSC(=O)O1.CO.COCC(C)S. The number of rotatable bonds is 2. The summed E-state index contributed by atoms with van der Waals surface area (Å²) in [6, 6.07) is 0. The summed E-state index contributed by atoms with van der Waals surface area (Å²) in [6.07, 6.45) is 0.137. The van der Waals surface area contributed by atoms with Gasteiger partial charge in [0.2, 0.25) is 0 Å². The normalized spacial score (nSPS) is 19.1. The summed E-state index contributed by atoms with van der Waals surface area (Å²) >= 11 is 5.30. The van der Waals surface area contributed by atoms with E-state index < -0.39 is 0 Å². The number of cyclic esters (lactones) is 1. The van der Waals surface area contributed by atoms with Gasteiger partial charge in [0.15, 0.2) is 0 Å². The van der Waals surface area contributed by atoms with Crippen molar-refractivity contribution in [1.82, 2.24) is 0 Å². The van der Waals surface area contributed by atoms with Crippen LogP contribution in [0.4, 0.5) is 4.79 Å². The van der Waals surface area contributed by atoms with E-state index >= 15 is 0 Å². The first-order chi connectivity index (χ1) is 7.06. The molecule has 0 aromatic rings. The number of ether oxygens (including phenoxy) is 2. The molecule has 0 saturated carbocycles. The zero-order valence-electron chi connectivity index (χ0n) is 9.60. The first kappa shape index (κ1) is 21.4. The van der Waals surface area contributed by atoms with E-state index in [2.05, 4.69) is 17.4 Å². The minimum absolute atomic E-state index is 0. The van der Waals surface area contributed by atoms with Gasteiger partial charge in [0.1, 0.15) is 6.10 Å². The summed E-state index contributed by atoms with van der Waals surface area (Å²) in [5, 5.41) is 7.24. The van der Waals surface area contributed by atoms with E-state index in [-0.39, 0.29) is 18.8 Å². The molecule has 100 valence electrons. The van der Waals surface area contributed by atoms with Crippen molar-refractivity contribution in [2.45, 2.75) is 32.6 Å². The molecule has 1 saturated heterocycles. The zero-order valence-corrected chi connectivity index (χ0v) is 11.3. The van der Waals surface area contributed by atoms with Crippen molar-refractivity contribution in [2.24, 2.45) is 0 Å². The van der Waals surface area contributed by atoms with Crippen molar-refractivity contribution < 1.29 is 19.4 Å². The fraction of sp³-hybridized carbons (Fsp3) is 0.900. The van der Waals surface area contributed by atoms with Crippen LogP contribution in [0.15, 0.2) is 0 Å². The van der Waals surface area contributed by atoms with E-state index in [0.717, 1.165) is 19.5 Å². The first-order valence-electron chi connectivity index (χ1n) is 4.51. The monoisotopic (exact) mass is 272 g/mol. The number of thiol groups is 1. The van der Waals surface area contributed by atoms with Gasteiger partial charge in [-0.15, -0.1) is 0 Å². The van der Waals surface area contributed by atoms with Crippen LogP contribution in [0.5, 0.6) is 0 Å². The molecular weight excluding hydrogens is 248 g/mol. The number of aliphatic hydroxyl groups excluding tert-OH is 1. The highest BCUT2D eigenvalue weighted by molar-refractivity contribution is 8.13. The Balaban J connectivity index is -0.000000175. The largest absolute Gasteiger partial charge is 0.454 e. The second kappa shape index (κ2) is 15.1. The van der Waals surface area contributed by atoms with E-state index in [1.165, 1.54) is 11.8 Å². The first-order valence-corrected chi connectivity index (χ1v) is 6.01. The van der Waals surface area contributed by atoms with Crippen LogP contribution in [0.1, 0.15) is 21.3 Å². The number of carbonyl (C=O) groups excluding carboxylic acids is 1. The molecule has 4 nitrogen and oxygen atoms in total. The van der Waals surface area contributed by atoms with Crippen molar-refractivity contribution >= 4 is 29.7 Å². The Labute approximate surface area is 108 Å². The topological polar surface area (TPSA) is 55.8 Å². The molecule has 1 aliphatic heterocycles. The molecule has 16 heavy (non-hydrogen) atoms. The lowest BCUT2D eigenvalue weighted by molar-refractivity contribution is 0.153. The molecule has 0 spiro atoms. The highest BCUT2D eigenvalue weighted by Gasteiger charge is 2.18. The van der Waals surface area contributed by atoms with Gasteiger partial charge in [0.05, 0.1) is 6.61 Å². The molecule has 1 rings (SSSR count). The van der Waals surface area contributed by atoms with E-state index in [9.17, 15) is 4.79 Å². The molecule has 0 aliphatic carbocycles. The summed E-state index contributed by atoms with van der Waals surface area (Å²) in [5.74, 6) is 0.818. The van der Waals surface area contributed by atoms with Crippen molar-refractivity contribution in [1.29, 1.82) is 0 Å². The van der Waals surface area contributed by atoms with Gasteiger partial charge in [0, 0.05) is 25.2 Å². The van der Waals surface area contributed by atoms with Gasteiger partial charge in [0.25, 0.3) is 0 Å². The Kier molecular flexibility index (Phi) is 20.2. The predicted molar refractivity (Wildman–Crippen MR) is 73.6 cm³/mol. The van der Waals surface area contributed by atoms with Crippen LogP contribution in [-0.4, -0.2) is 48.3 Å². The summed E-state index contributed by atoms with van der Waals surface area (Å²) in [6.45, 7) is 4.62. The lowest BCUT2D eigenvalue weighted by Gasteiger charge is -1.97. The molecule has 0 amide bonds. The summed E-state index contributed by atoms with van der Waals surface area (Å²) in [4.78, 5) is 10.2. The molecule has 0 aromatic carbocycles. The Hall–Kier alpha value is 0.0900. The second-order valence-corrected chi connectivity index (χ2v) is 4.63. The van der Waals surface area contributed by atoms with Gasteiger partial charge in [-0.1, -0.05) is 14.4 Å². The summed E-state index contributed by atoms with van der Waals surface area (Å²) in [5.41, 5.74) is 0. The number of aliphatic hydroxyl groups is 1. The van der Waals surface area contributed by atoms with E-state index in [1.54, 1.807) is 7.11 Å². The molecule has 1 aliphatic rings. The highest BCUT2D eigenvalue weighted by atomic mass is 32.2. The number of methoxy groups -OCH3 is 1. The van der Waals surface area contributed by atoms with Crippen molar-refractivity contribution in [3.05, 3.63) is 0 Å². The fourth-order valence-corrected chi connectivity index (χ4v) is 1.48. The van der Waals surface area contributed by atoms with Crippen LogP contribution in [0.2, 0.25) is 0 Å². The second-order valence-electron chi connectivity index (χ2n) is 2.79. The quantitative estimate of drug-likeness (QED) is 0.597. The average Bonchev–Trinajstić information content (AvgIpc) is 2.54. The van der Waals surface area contributed by atoms with Gasteiger partial charge >= 0.3 is 5.30 Å². The lowest BCUT2D eigenvalue weighted by Crippen LogP contribution is -2.01. The van der Waals surface area contributed by atoms with Crippen LogP contribution in [0.3, 0.4) is 0 Å². The maximum absolute atomic E-state index is 10.2. The maximum atomic E-state index is 10.2. The molecule has 0 radical (unpaired) electrons. The minimum atomic E-state index is -0.132. The number of carbonyl (C=O) groups is 1. The third kappa shape index (κ3) is 16.5. The lowest BCUT2D eigenvalue weighted by atomic mass is 10.5. The average molecular weight is 272 g/mol. The molecule has 0 bridgehead atoms. The maximum Gasteiger partial charge on any atom is 0.367 e. The standard InChI is InChI=1S/C4H6O2S.C4H10OS.CH4O.CH4/c1-3-2-7-4(5)6-3;1-4(6)3-5-2;1-2;/h3H,2H2,1H3;4,6H,3H2,1-2H3;2H,1H3;1H4. The van der Waals surface area contributed by atoms with Crippen molar-refractivity contribution in [3.8, 4) is 0 Å². The molecule has 1 fully saturated rings. The van der Waals surface area contributed by atoms with E-state index in [4.69, 9.17) is 9.84 Å². The third-order valence-electron chi connectivity index (χ3n) is 1.14. The Morgan fingerprint density at radius 1 is 1.69 bits per heavy atom. The van der Waals surface area contributed by atoms with Crippen LogP contribution < -0.4 is 0 Å². The fourth-order valence-electron chi connectivity index (χ4n) is 0.659. The number of thioether (sulfide) groups is 1. The van der Waals surface area contributed by atoms with Crippen molar-refractivity contribution in [3.63, 3.8) is 0 Å². The summed E-state index contributed by atoms with van der Waals surface area (Å²) in [7, 11) is 2.67. The van der Waals surface area contributed by atoms with Crippen LogP contribution in [0, 0.1) is 0 Å². The molecule has 1 N–H and O–H groups in total. The number of hydrogen-bond donors (Lipinski definition) is 2. The van der Waals surface area contributed by atoms with E-state index in [1.807, 2.05) is 13.8 Å². The Morgan fingerprint density at radius 2 is 2.19 bits per heavy atom. The summed E-state index contributed by atoms with van der Waals surface area (Å²) < 4.78 is 9.41. The highest BCUT2D eigenvalue weighted by Crippen LogP contribution is 2.18. The van der Waals surface area contributed by atoms with E-state index in [0.29, 0.717) is 5.25 Å². The zero-order chi connectivity index (χ0) is 12.3. The van der Waals surface area contributed by atoms with Gasteiger partial charge in [-0.3, -0.25) is 0 Å². The molecule has 2 atom stereocenters. The van der Waals surface area contributed by atoms with Gasteiger partial charge < -0.3 is 14.6 Å². The molecule has 1 heterocycles. The van der Waals surface area contributed by atoms with Crippen molar-refractivity contribution in [2.75, 3.05) is 26.6 Å². The predicted octanol–water partition coefficient (Wildman–Crippen LogP) is 2.45. The van der Waals surface area contributed by atoms with Gasteiger partial charge in [-0.05, 0) is 18.7 Å². The minimum Gasteiger partial charge on any atom is -0.454 e. The van der Waals surface area contributed by atoms with Crippen LogP contribution >= 0.6 is 24.4 Å². The van der Waals surface area contributed by atoms with Gasteiger partial charge in [-0.2, -0.15) is 12.6 Å². The molecule has 0 aromatic heterocycles. The molecular formula is C10H24O4S2. The number of hydrogen-bond acceptors (Lipinski definition) is 6. The Morgan fingerprint density at radius 3 is 2.25 bits per heavy atom. The molecule has 6 heteroatoms.